The number of alkyl halides is 6. The molecule has 0 radical (unpaired) electrons. The molecule has 0 aliphatic carbocycles. The molecule has 0 spiro atoms. The van der Waals surface area contributed by atoms with Crippen molar-refractivity contribution in [1.29, 1.82) is 0 Å². The van der Waals surface area contributed by atoms with Gasteiger partial charge in [-0.05, 0) is 0 Å². The fraction of sp³-hybridized carbons (Fsp3) is 0.333. The number of hydrogen-bond acceptors (Lipinski definition) is 0. The van der Waals surface area contributed by atoms with Gasteiger partial charge < -0.3 is 0 Å². The zero-order valence-electron chi connectivity index (χ0n) is 6.39. The van der Waals surface area contributed by atoms with Gasteiger partial charge in [-0.2, -0.15) is 26.3 Å². The molecule has 0 aliphatic rings. The average molecular weight is 261 g/mol. The van der Waals surface area contributed by atoms with E-state index in [1.807, 2.05) is 0 Å². The summed E-state index contributed by atoms with van der Waals surface area (Å²) in [5.74, 6) is 0. The van der Waals surface area contributed by atoms with E-state index in [2.05, 4.69) is 29.8 Å². The Hall–Kier alpha value is -0.360. The van der Waals surface area contributed by atoms with Gasteiger partial charge in [0.1, 0.15) is 5.03 Å². The largest absolute Gasteiger partial charge is 0.427 e. The van der Waals surface area contributed by atoms with Crippen molar-refractivity contribution in [3.05, 3.63) is 23.2 Å². The first-order chi connectivity index (χ1) is 6.04. The number of allylic oxidation sites excluding steroid dienone is 2. The average Bonchev–Trinajstić information content (AvgIpc) is 2.01. The summed E-state index contributed by atoms with van der Waals surface area (Å²) in [6.45, 7) is 2.51. The second kappa shape index (κ2) is 6.19. The smallest absolute Gasteiger partial charge is 0.167 e. The summed E-state index contributed by atoms with van der Waals surface area (Å²) in [7, 11) is 0. The third-order valence-corrected chi connectivity index (χ3v) is 1.25. The summed E-state index contributed by atoms with van der Waals surface area (Å²) in [6.07, 6.45) is -8.75. The van der Waals surface area contributed by atoms with E-state index < -0.39 is 17.4 Å². The normalized spacial score (nSPS) is 13.0. The van der Waals surface area contributed by atoms with E-state index in [4.69, 9.17) is 0 Å². The first-order valence-electron chi connectivity index (χ1n) is 2.78. The molecule has 0 rings (SSSR count). The van der Waals surface area contributed by atoms with E-state index in [9.17, 15) is 26.3 Å². The Morgan fingerprint density at radius 3 is 1.36 bits per heavy atom. The van der Waals surface area contributed by atoms with Crippen molar-refractivity contribution >= 4 is 23.2 Å². The Morgan fingerprint density at radius 2 is 1.36 bits per heavy atom. The Balaban J connectivity index is 0. The molecule has 0 aromatic heterocycles. The zero-order chi connectivity index (χ0) is 12.0. The molecule has 0 amide bonds. The first-order valence-corrected chi connectivity index (χ1v) is 3.59. The molecule has 0 heterocycles. The van der Waals surface area contributed by atoms with E-state index in [1.54, 1.807) is 0 Å². The molecular weight excluding hydrogens is 257 g/mol. The highest BCUT2D eigenvalue weighted by molar-refractivity contribution is 6.37. The Morgan fingerprint density at radius 1 is 1.07 bits per heavy atom. The third kappa shape index (κ3) is 11.6. The molecule has 0 N–H and O–H groups in total. The highest BCUT2D eigenvalue weighted by Gasteiger charge is 2.31. The predicted molar refractivity (Wildman–Crippen MR) is 42.1 cm³/mol. The lowest BCUT2D eigenvalue weighted by molar-refractivity contribution is -0.0845. The summed E-state index contributed by atoms with van der Waals surface area (Å²) in [6, 6.07) is 0. The van der Waals surface area contributed by atoms with Gasteiger partial charge in [0.15, 0.2) is 0 Å². The first kappa shape index (κ1) is 16.1. The van der Waals surface area contributed by atoms with Crippen LogP contribution in [0.15, 0.2) is 23.2 Å². The van der Waals surface area contributed by atoms with Crippen LogP contribution in [0, 0.1) is 0 Å². The maximum Gasteiger partial charge on any atom is 0.427 e. The lowest BCUT2D eigenvalue weighted by atomic mass is 10.6. The molecule has 0 bridgehead atoms. The molecule has 0 nitrogen and oxygen atoms in total. The number of rotatable bonds is 0. The van der Waals surface area contributed by atoms with Crippen molar-refractivity contribution in [2.45, 2.75) is 12.4 Å². The van der Waals surface area contributed by atoms with Crippen LogP contribution in [0.2, 0.25) is 0 Å². The topological polar surface area (TPSA) is 0 Å². The molecule has 0 aromatic carbocycles. The highest BCUT2D eigenvalue weighted by Crippen LogP contribution is 2.28. The van der Waals surface area contributed by atoms with Gasteiger partial charge in [0, 0.05) is 11.6 Å². The van der Waals surface area contributed by atoms with Gasteiger partial charge in [-0.25, -0.2) is 0 Å². The van der Waals surface area contributed by atoms with Gasteiger partial charge in [0.25, 0.3) is 0 Å². The van der Waals surface area contributed by atoms with Crippen LogP contribution in [0.3, 0.4) is 0 Å². The SMILES string of the molecule is C=CC(F)(F)F.FC(F)(F)C(Cl)=CCl. The van der Waals surface area contributed by atoms with E-state index in [-0.39, 0.29) is 11.6 Å². The zero-order valence-corrected chi connectivity index (χ0v) is 7.90. The quantitative estimate of drug-likeness (QED) is 0.441. The molecule has 0 fully saturated rings. The van der Waals surface area contributed by atoms with Gasteiger partial charge in [0.2, 0.25) is 0 Å². The van der Waals surface area contributed by atoms with E-state index in [0.717, 1.165) is 0 Å². The minimum atomic E-state index is -4.50. The molecule has 84 valence electrons. The number of hydrogen-bond donors (Lipinski definition) is 0. The highest BCUT2D eigenvalue weighted by atomic mass is 35.5. The summed E-state index contributed by atoms with van der Waals surface area (Å²) in [4.78, 5) is 0. The van der Waals surface area contributed by atoms with Crippen LogP contribution in [0.25, 0.3) is 0 Å². The molecule has 0 saturated heterocycles. The molecule has 0 atom stereocenters. The van der Waals surface area contributed by atoms with E-state index in [1.165, 1.54) is 0 Å². The Labute approximate surface area is 85.8 Å². The van der Waals surface area contributed by atoms with Crippen molar-refractivity contribution in [3.8, 4) is 0 Å². The standard InChI is InChI=1S/C3HCl2F3.C3H3F3/c4-1-2(5)3(6,7)8;1-2-3(4,5)6/h1H;2H,1H2. The van der Waals surface area contributed by atoms with Crippen molar-refractivity contribution < 1.29 is 26.3 Å². The third-order valence-electron chi connectivity index (χ3n) is 0.598. The maximum absolute atomic E-state index is 11.2. The summed E-state index contributed by atoms with van der Waals surface area (Å²) in [5.41, 5.74) is 0.279. The summed E-state index contributed by atoms with van der Waals surface area (Å²) < 4.78 is 65.5. The summed E-state index contributed by atoms with van der Waals surface area (Å²) in [5, 5.41) is -1.31. The Bertz CT molecular complexity index is 201. The second-order valence-corrected chi connectivity index (χ2v) is 2.33. The molecular formula is C6H4Cl2F6. The van der Waals surface area contributed by atoms with Gasteiger partial charge in [-0.15, -0.1) is 0 Å². The van der Waals surface area contributed by atoms with Crippen LogP contribution in [0.5, 0.6) is 0 Å². The predicted octanol–water partition coefficient (Wildman–Crippen LogP) is 4.60. The second-order valence-electron chi connectivity index (χ2n) is 1.70. The van der Waals surface area contributed by atoms with Crippen LogP contribution >= 0.6 is 23.2 Å². The maximum atomic E-state index is 11.2. The van der Waals surface area contributed by atoms with Crippen molar-refractivity contribution in [3.63, 3.8) is 0 Å². The number of halogens is 8. The fourth-order valence-corrected chi connectivity index (χ4v) is 0.186. The fourth-order valence-electron chi connectivity index (χ4n) is 0.0619. The molecule has 0 aliphatic heterocycles. The van der Waals surface area contributed by atoms with Gasteiger partial charge in [0.05, 0.1) is 0 Å². The molecule has 0 unspecified atom stereocenters. The monoisotopic (exact) mass is 260 g/mol. The molecule has 14 heavy (non-hydrogen) atoms. The van der Waals surface area contributed by atoms with Gasteiger partial charge in [-0.3, -0.25) is 0 Å². The molecule has 8 heteroatoms. The van der Waals surface area contributed by atoms with Crippen LogP contribution in [-0.4, -0.2) is 12.4 Å². The van der Waals surface area contributed by atoms with E-state index in [0.29, 0.717) is 0 Å². The van der Waals surface area contributed by atoms with Crippen molar-refractivity contribution in [1.82, 2.24) is 0 Å². The minimum absolute atomic E-state index is 0.0625. The van der Waals surface area contributed by atoms with E-state index >= 15 is 0 Å². The molecule has 0 saturated carbocycles. The van der Waals surface area contributed by atoms with Crippen LogP contribution in [0.4, 0.5) is 26.3 Å². The van der Waals surface area contributed by atoms with Crippen LogP contribution in [0.1, 0.15) is 0 Å². The summed E-state index contributed by atoms with van der Waals surface area (Å²) >= 11 is 9.17. The van der Waals surface area contributed by atoms with Crippen LogP contribution < -0.4 is 0 Å². The lowest BCUT2D eigenvalue weighted by Crippen LogP contribution is -2.05. The van der Waals surface area contributed by atoms with Gasteiger partial charge >= 0.3 is 12.4 Å². The molecule has 0 aromatic rings. The lowest BCUT2D eigenvalue weighted by Gasteiger charge is -1.99. The van der Waals surface area contributed by atoms with Crippen molar-refractivity contribution in [2.75, 3.05) is 0 Å². The van der Waals surface area contributed by atoms with Crippen molar-refractivity contribution in [2.24, 2.45) is 0 Å². The van der Waals surface area contributed by atoms with Gasteiger partial charge in [-0.1, -0.05) is 29.8 Å². The Kier molecular flexibility index (Phi) is 7.11. The van der Waals surface area contributed by atoms with Crippen LogP contribution in [-0.2, 0) is 0 Å². The minimum Gasteiger partial charge on any atom is -0.167 e.